The molecule has 1 N–H and O–H groups in total. The quantitative estimate of drug-likeness (QED) is 0.761. The van der Waals surface area contributed by atoms with E-state index in [-0.39, 0.29) is 24.0 Å². The number of amides is 3. The topological polar surface area (TPSA) is 61.9 Å². The van der Waals surface area contributed by atoms with Crippen LogP contribution in [-0.2, 0) is 11.3 Å². The smallest absolute Gasteiger partial charge is 0.324 e. The molecule has 164 valence electrons. The van der Waals surface area contributed by atoms with Gasteiger partial charge in [0.1, 0.15) is 11.9 Å². The highest BCUT2D eigenvalue weighted by Crippen LogP contribution is 2.35. The molecular formula is C24H28ClN3O3. The van der Waals surface area contributed by atoms with Crippen molar-refractivity contribution in [2.45, 2.75) is 38.8 Å². The third kappa shape index (κ3) is 4.79. The van der Waals surface area contributed by atoms with Crippen molar-refractivity contribution < 1.29 is 14.3 Å². The molecule has 0 aliphatic carbocycles. The van der Waals surface area contributed by atoms with Crippen LogP contribution in [0.3, 0.4) is 0 Å². The molecule has 2 aliphatic rings. The van der Waals surface area contributed by atoms with E-state index in [1.807, 2.05) is 58.3 Å². The molecule has 0 saturated carbocycles. The first kappa shape index (κ1) is 21.5. The lowest BCUT2D eigenvalue weighted by atomic mass is 9.96. The van der Waals surface area contributed by atoms with Crippen molar-refractivity contribution in [3.63, 3.8) is 0 Å². The number of piperidine rings is 1. The number of urea groups is 1. The molecule has 2 heterocycles. The van der Waals surface area contributed by atoms with Crippen molar-refractivity contribution in [3.8, 4) is 5.75 Å². The van der Waals surface area contributed by atoms with Crippen LogP contribution in [0.1, 0.15) is 31.7 Å². The molecule has 3 amide bonds. The van der Waals surface area contributed by atoms with Crippen LogP contribution in [0.15, 0.2) is 48.5 Å². The monoisotopic (exact) mass is 441 g/mol. The molecule has 0 bridgehead atoms. The van der Waals surface area contributed by atoms with Crippen LogP contribution in [-0.4, -0.2) is 42.6 Å². The van der Waals surface area contributed by atoms with E-state index in [9.17, 15) is 9.59 Å². The average molecular weight is 442 g/mol. The Bertz CT molecular complexity index is 943. The number of hydrogen-bond acceptors (Lipinski definition) is 3. The van der Waals surface area contributed by atoms with Gasteiger partial charge in [-0.25, -0.2) is 4.79 Å². The van der Waals surface area contributed by atoms with Gasteiger partial charge < -0.3 is 15.0 Å². The van der Waals surface area contributed by atoms with Crippen LogP contribution >= 0.6 is 11.6 Å². The van der Waals surface area contributed by atoms with E-state index in [2.05, 4.69) is 12.2 Å². The van der Waals surface area contributed by atoms with E-state index in [0.717, 1.165) is 23.4 Å². The number of nitrogens with zero attached hydrogens (tertiary/aromatic N) is 2. The number of likely N-dealkylation sites (tertiary alicyclic amines) is 1. The maximum absolute atomic E-state index is 13.3. The molecular weight excluding hydrogens is 414 g/mol. The van der Waals surface area contributed by atoms with Gasteiger partial charge in [0.25, 0.3) is 0 Å². The van der Waals surface area contributed by atoms with Crippen LogP contribution in [0, 0.1) is 5.92 Å². The molecule has 2 aromatic carbocycles. The Kier molecular flexibility index (Phi) is 6.66. The summed E-state index contributed by atoms with van der Waals surface area (Å²) >= 11 is 6.17. The van der Waals surface area contributed by atoms with Gasteiger partial charge in [0.05, 0.1) is 12.2 Å². The Morgan fingerprint density at radius 1 is 1.10 bits per heavy atom. The van der Waals surface area contributed by atoms with E-state index >= 15 is 0 Å². The lowest BCUT2D eigenvalue weighted by Crippen LogP contribution is -2.52. The number of ether oxygens (including phenoxy) is 1. The van der Waals surface area contributed by atoms with Gasteiger partial charge in [-0.2, -0.15) is 0 Å². The van der Waals surface area contributed by atoms with Crippen LogP contribution < -0.4 is 15.0 Å². The number of para-hydroxylation sites is 2. The second-order valence-corrected chi connectivity index (χ2v) is 8.49. The molecule has 0 radical (unpaired) electrons. The predicted molar refractivity (Wildman–Crippen MR) is 121 cm³/mol. The highest BCUT2D eigenvalue weighted by molar-refractivity contribution is 6.31. The Balaban J connectivity index is 1.34. The number of halogens is 1. The fourth-order valence-corrected chi connectivity index (χ4v) is 4.37. The number of rotatable bonds is 4. The highest BCUT2D eigenvalue weighted by atomic mass is 35.5. The predicted octanol–water partition coefficient (Wildman–Crippen LogP) is 4.47. The van der Waals surface area contributed by atoms with Gasteiger partial charge in [-0.3, -0.25) is 9.69 Å². The van der Waals surface area contributed by atoms with Gasteiger partial charge in [0.15, 0.2) is 0 Å². The molecule has 1 saturated heterocycles. The Labute approximate surface area is 188 Å². The first-order chi connectivity index (χ1) is 15.1. The van der Waals surface area contributed by atoms with Crippen LogP contribution in [0.4, 0.5) is 10.5 Å². The van der Waals surface area contributed by atoms with Crippen LogP contribution in [0.2, 0.25) is 5.02 Å². The zero-order valence-electron chi connectivity index (χ0n) is 17.7. The summed E-state index contributed by atoms with van der Waals surface area (Å²) in [4.78, 5) is 29.6. The summed E-state index contributed by atoms with van der Waals surface area (Å²) < 4.78 is 5.99. The fourth-order valence-electron chi connectivity index (χ4n) is 4.16. The Morgan fingerprint density at radius 3 is 2.55 bits per heavy atom. The number of benzene rings is 2. The molecule has 31 heavy (non-hydrogen) atoms. The van der Waals surface area contributed by atoms with Gasteiger partial charge in [-0.15, -0.1) is 0 Å². The molecule has 7 heteroatoms. The van der Waals surface area contributed by atoms with E-state index in [1.54, 1.807) is 0 Å². The van der Waals surface area contributed by atoms with Crippen LogP contribution in [0.25, 0.3) is 0 Å². The van der Waals surface area contributed by atoms with Crippen LogP contribution in [0.5, 0.6) is 5.75 Å². The number of carbonyl (C=O) groups excluding carboxylic acids is 2. The molecule has 2 aromatic rings. The average Bonchev–Trinajstić information content (AvgIpc) is 2.82. The first-order valence-corrected chi connectivity index (χ1v) is 11.3. The molecule has 2 aliphatic heterocycles. The second-order valence-electron chi connectivity index (χ2n) is 8.08. The van der Waals surface area contributed by atoms with Gasteiger partial charge in [0.2, 0.25) is 5.91 Å². The number of fused-ring (bicyclic) bond motifs is 1. The van der Waals surface area contributed by atoms with Crippen molar-refractivity contribution in [2.75, 3.05) is 24.5 Å². The summed E-state index contributed by atoms with van der Waals surface area (Å²) in [6.07, 6.45) is 2.14. The van der Waals surface area contributed by atoms with E-state index in [4.69, 9.17) is 16.3 Å². The Morgan fingerprint density at radius 2 is 1.81 bits per heavy atom. The van der Waals surface area contributed by atoms with Crippen molar-refractivity contribution >= 4 is 29.2 Å². The summed E-state index contributed by atoms with van der Waals surface area (Å²) in [7, 11) is 0. The summed E-state index contributed by atoms with van der Waals surface area (Å²) in [6.45, 7) is 4.16. The lowest BCUT2D eigenvalue weighted by molar-refractivity contribution is -0.126. The second kappa shape index (κ2) is 9.60. The first-order valence-electron chi connectivity index (χ1n) is 10.9. The minimum absolute atomic E-state index is 0.00743. The summed E-state index contributed by atoms with van der Waals surface area (Å²) in [5.41, 5.74) is 1.72. The third-order valence-corrected chi connectivity index (χ3v) is 6.44. The molecule has 0 spiro atoms. The van der Waals surface area contributed by atoms with Gasteiger partial charge in [-0.1, -0.05) is 48.9 Å². The van der Waals surface area contributed by atoms with Crippen molar-refractivity contribution in [3.05, 3.63) is 59.1 Å². The number of nitrogens with one attached hydrogen (secondary N) is 1. The summed E-state index contributed by atoms with van der Waals surface area (Å²) in [5, 5.41) is 3.64. The molecule has 1 atom stereocenters. The van der Waals surface area contributed by atoms with Crippen molar-refractivity contribution in [1.82, 2.24) is 10.2 Å². The maximum Gasteiger partial charge on any atom is 0.324 e. The fraction of sp³-hybridized carbons (Fsp3) is 0.417. The van der Waals surface area contributed by atoms with Gasteiger partial charge in [0, 0.05) is 30.6 Å². The minimum atomic E-state index is -0.0908. The number of carbonyl (C=O) groups is 2. The molecule has 6 nitrogen and oxygen atoms in total. The Hall–Kier alpha value is -2.73. The molecule has 1 fully saturated rings. The SMILES string of the molecule is CCC1CN(C(=O)N2CCC(C(=O)NCc3ccccc3Cl)CC2)c2ccccc2O1. The summed E-state index contributed by atoms with van der Waals surface area (Å²) in [5.74, 6) is 0.685. The normalized spacial score (nSPS) is 18.8. The summed E-state index contributed by atoms with van der Waals surface area (Å²) in [6, 6.07) is 15.2. The molecule has 4 rings (SSSR count). The van der Waals surface area contributed by atoms with Gasteiger partial charge in [-0.05, 0) is 43.0 Å². The number of hydrogen-bond donors (Lipinski definition) is 1. The van der Waals surface area contributed by atoms with E-state index < -0.39 is 0 Å². The molecule has 0 aromatic heterocycles. The highest BCUT2D eigenvalue weighted by Gasteiger charge is 2.34. The standard InChI is InChI=1S/C24H28ClN3O3/c1-2-19-16-28(21-9-5-6-10-22(21)31-19)24(30)27-13-11-17(12-14-27)23(29)26-15-18-7-3-4-8-20(18)25/h3-10,17,19H,2,11-16H2,1H3,(H,26,29). The zero-order chi connectivity index (χ0) is 21.8. The zero-order valence-corrected chi connectivity index (χ0v) is 18.5. The maximum atomic E-state index is 13.3. The minimum Gasteiger partial charge on any atom is -0.486 e. The third-order valence-electron chi connectivity index (χ3n) is 6.07. The van der Waals surface area contributed by atoms with E-state index in [1.165, 1.54) is 0 Å². The lowest BCUT2D eigenvalue weighted by Gasteiger charge is -2.39. The van der Waals surface area contributed by atoms with Crippen molar-refractivity contribution in [1.29, 1.82) is 0 Å². The van der Waals surface area contributed by atoms with E-state index in [0.29, 0.717) is 44.0 Å². The van der Waals surface area contributed by atoms with Gasteiger partial charge >= 0.3 is 6.03 Å². The van der Waals surface area contributed by atoms with Crippen molar-refractivity contribution in [2.24, 2.45) is 5.92 Å². The number of anilines is 1. The molecule has 1 unspecified atom stereocenters. The largest absolute Gasteiger partial charge is 0.486 e.